The second-order valence-electron chi connectivity index (χ2n) is 9.56. The largest absolute Gasteiger partial charge is 0.490 e. The van der Waals surface area contributed by atoms with Gasteiger partial charge in [-0.15, -0.1) is 0 Å². The third-order valence-electron chi connectivity index (χ3n) is 6.32. The van der Waals surface area contributed by atoms with E-state index >= 15 is 0 Å². The van der Waals surface area contributed by atoms with E-state index in [1.807, 2.05) is 72.8 Å². The van der Waals surface area contributed by atoms with E-state index in [1.54, 1.807) is 60.7 Å². The number of carbonyl (C=O) groups excluding carboxylic acids is 2. The van der Waals surface area contributed by atoms with Gasteiger partial charge in [0.2, 0.25) is 0 Å². The first-order valence-corrected chi connectivity index (χ1v) is 14.2. The zero-order chi connectivity index (χ0) is 30.4. The highest BCUT2D eigenvalue weighted by molar-refractivity contribution is 6.07. The Morgan fingerprint density at radius 3 is 1.14 bits per heavy atom. The average molecular weight is 589 g/mol. The third-order valence-corrected chi connectivity index (χ3v) is 6.32. The van der Waals surface area contributed by atoms with Gasteiger partial charge in [-0.3, -0.25) is 9.59 Å². The molecule has 0 aliphatic heterocycles. The molecule has 222 valence electrons. The molecule has 8 nitrogen and oxygen atoms in total. The van der Waals surface area contributed by atoms with E-state index in [0.29, 0.717) is 60.4 Å². The molecule has 5 aromatic rings. The fraction of sp³-hybridized carbons (Fsp3) is 0.111. The number of para-hydroxylation sites is 2. The molecular weight excluding hydrogens is 556 g/mol. The molecule has 2 N–H and O–H groups in total. The Kier molecular flexibility index (Phi) is 10.4. The van der Waals surface area contributed by atoms with E-state index in [9.17, 15) is 9.59 Å². The fourth-order valence-electron chi connectivity index (χ4n) is 4.18. The molecule has 2 amide bonds. The number of carbonyl (C=O) groups is 2. The van der Waals surface area contributed by atoms with Crippen LogP contribution in [0, 0.1) is 0 Å². The van der Waals surface area contributed by atoms with Gasteiger partial charge in [0.25, 0.3) is 11.8 Å². The predicted octanol–water partition coefficient (Wildman–Crippen LogP) is 7.11. The monoisotopic (exact) mass is 588 g/mol. The number of ether oxygens (including phenoxy) is 4. The van der Waals surface area contributed by atoms with Gasteiger partial charge in [-0.25, -0.2) is 0 Å². The van der Waals surface area contributed by atoms with Gasteiger partial charge in [0.05, 0.1) is 0 Å². The average Bonchev–Trinajstić information content (AvgIpc) is 3.06. The van der Waals surface area contributed by atoms with Crippen LogP contribution in [0.2, 0.25) is 0 Å². The normalized spacial score (nSPS) is 10.4. The quantitative estimate of drug-likeness (QED) is 0.134. The Balaban J connectivity index is 1.07. The summed E-state index contributed by atoms with van der Waals surface area (Å²) in [6, 6.07) is 39.7. The Morgan fingerprint density at radius 1 is 0.409 bits per heavy atom. The van der Waals surface area contributed by atoms with Crippen molar-refractivity contribution in [3.63, 3.8) is 0 Å². The van der Waals surface area contributed by atoms with E-state index in [0.717, 1.165) is 11.5 Å². The van der Waals surface area contributed by atoms with Crippen LogP contribution in [0.5, 0.6) is 23.0 Å². The van der Waals surface area contributed by atoms with Crippen molar-refractivity contribution >= 4 is 23.2 Å². The molecule has 0 aliphatic rings. The zero-order valence-electron chi connectivity index (χ0n) is 24.0. The summed E-state index contributed by atoms with van der Waals surface area (Å²) in [6.45, 7) is 1.50. The van der Waals surface area contributed by atoms with Crippen molar-refractivity contribution in [3.8, 4) is 23.0 Å². The molecule has 5 aromatic carbocycles. The number of hydrogen-bond acceptors (Lipinski definition) is 6. The van der Waals surface area contributed by atoms with Crippen LogP contribution in [0.15, 0.2) is 133 Å². The first kappa shape index (κ1) is 29.7. The number of anilines is 2. The van der Waals surface area contributed by atoms with Crippen molar-refractivity contribution < 1.29 is 28.5 Å². The minimum absolute atomic E-state index is 0.303. The van der Waals surface area contributed by atoms with Crippen molar-refractivity contribution in [2.75, 3.05) is 37.1 Å². The maximum Gasteiger partial charge on any atom is 0.255 e. The molecule has 0 atom stereocenters. The van der Waals surface area contributed by atoms with Crippen LogP contribution in [0.25, 0.3) is 0 Å². The van der Waals surface area contributed by atoms with Crippen LogP contribution in [0.4, 0.5) is 11.4 Å². The number of hydrogen-bond donors (Lipinski definition) is 2. The molecule has 0 spiro atoms. The Bertz CT molecular complexity index is 1520. The Hall–Kier alpha value is -5.76. The SMILES string of the molecule is O=C(Nc1cccc(OCCOc2ccccc2)c1)c1ccc(C(=O)Nc2cccc(OCCOc3ccccc3)c2)cc1. The van der Waals surface area contributed by atoms with E-state index in [2.05, 4.69) is 10.6 Å². The maximum absolute atomic E-state index is 12.8. The minimum atomic E-state index is -0.303. The molecular formula is C36H32N2O6. The molecule has 0 aliphatic carbocycles. The lowest BCUT2D eigenvalue weighted by atomic mass is 10.1. The van der Waals surface area contributed by atoms with Crippen LogP contribution in [0.1, 0.15) is 20.7 Å². The summed E-state index contributed by atoms with van der Waals surface area (Å²) in [5.41, 5.74) is 2.01. The summed E-state index contributed by atoms with van der Waals surface area (Å²) >= 11 is 0. The smallest absolute Gasteiger partial charge is 0.255 e. The van der Waals surface area contributed by atoms with Crippen LogP contribution in [-0.4, -0.2) is 38.2 Å². The third kappa shape index (κ3) is 9.12. The molecule has 0 fully saturated rings. The van der Waals surface area contributed by atoms with Gasteiger partial charge < -0.3 is 29.6 Å². The molecule has 0 saturated heterocycles. The Morgan fingerprint density at radius 2 is 0.750 bits per heavy atom. The molecule has 0 unspecified atom stereocenters. The molecule has 8 heteroatoms. The molecule has 0 radical (unpaired) electrons. The standard InChI is InChI=1S/C36H32N2O6/c39-35(37-29-9-7-15-33(25-29)43-23-21-41-31-11-3-1-4-12-31)27-17-19-28(20-18-27)36(40)38-30-10-8-16-34(26-30)44-24-22-42-32-13-5-2-6-14-32/h1-20,25-26H,21-24H2,(H,37,39)(H,38,40). The summed E-state index contributed by atoms with van der Waals surface area (Å²) in [5, 5.41) is 5.73. The van der Waals surface area contributed by atoms with Crippen molar-refractivity contribution in [2.24, 2.45) is 0 Å². The van der Waals surface area contributed by atoms with Crippen LogP contribution in [0.3, 0.4) is 0 Å². The lowest BCUT2D eigenvalue weighted by Crippen LogP contribution is -2.14. The lowest BCUT2D eigenvalue weighted by molar-refractivity contribution is 0.101. The maximum atomic E-state index is 12.8. The number of rotatable bonds is 14. The lowest BCUT2D eigenvalue weighted by Gasteiger charge is -2.11. The van der Waals surface area contributed by atoms with Gasteiger partial charge in [-0.2, -0.15) is 0 Å². The summed E-state index contributed by atoms with van der Waals surface area (Å²) < 4.78 is 22.8. The number of amides is 2. The van der Waals surface area contributed by atoms with Crippen LogP contribution >= 0.6 is 0 Å². The molecule has 0 heterocycles. The van der Waals surface area contributed by atoms with E-state index in [4.69, 9.17) is 18.9 Å². The number of nitrogens with one attached hydrogen (secondary N) is 2. The van der Waals surface area contributed by atoms with Gasteiger partial charge in [-0.05, 0) is 72.8 Å². The second-order valence-corrected chi connectivity index (χ2v) is 9.56. The van der Waals surface area contributed by atoms with Crippen LogP contribution in [-0.2, 0) is 0 Å². The predicted molar refractivity (Wildman–Crippen MR) is 170 cm³/mol. The second kappa shape index (κ2) is 15.5. The number of benzene rings is 5. The van der Waals surface area contributed by atoms with E-state index in [1.165, 1.54) is 0 Å². The highest BCUT2D eigenvalue weighted by Crippen LogP contribution is 2.20. The molecule has 0 saturated carbocycles. The molecule has 5 rings (SSSR count). The Labute approximate surface area is 256 Å². The van der Waals surface area contributed by atoms with Crippen LogP contribution < -0.4 is 29.6 Å². The van der Waals surface area contributed by atoms with E-state index < -0.39 is 0 Å². The van der Waals surface area contributed by atoms with Gasteiger partial charge in [0.15, 0.2) is 0 Å². The van der Waals surface area contributed by atoms with Gasteiger partial charge in [-0.1, -0.05) is 48.5 Å². The summed E-state index contributed by atoms with van der Waals surface area (Å²) in [5.74, 6) is 2.18. The van der Waals surface area contributed by atoms with Crippen molar-refractivity contribution in [1.82, 2.24) is 0 Å². The zero-order valence-corrected chi connectivity index (χ0v) is 24.0. The minimum Gasteiger partial charge on any atom is -0.490 e. The van der Waals surface area contributed by atoms with Gasteiger partial charge in [0.1, 0.15) is 49.4 Å². The molecule has 44 heavy (non-hydrogen) atoms. The first-order valence-electron chi connectivity index (χ1n) is 14.2. The van der Waals surface area contributed by atoms with Gasteiger partial charge in [0, 0.05) is 34.6 Å². The van der Waals surface area contributed by atoms with Crippen molar-refractivity contribution in [1.29, 1.82) is 0 Å². The summed E-state index contributed by atoms with van der Waals surface area (Å²) in [7, 11) is 0. The van der Waals surface area contributed by atoms with Crippen molar-refractivity contribution in [3.05, 3.63) is 145 Å². The highest BCUT2D eigenvalue weighted by Gasteiger charge is 2.11. The van der Waals surface area contributed by atoms with Gasteiger partial charge >= 0.3 is 0 Å². The van der Waals surface area contributed by atoms with Crippen molar-refractivity contribution in [2.45, 2.75) is 0 Å². The summed E-state index contributed by atoms with van der Waals surface area (Å²) in [4.78, 5) is 25.7. The fourth-order valence-corrected chi connectivity index (χ4v) is 4.18. The highest BCUT2D eigenvalue weighted by atomic mass is 16.5. The topological polar surface area (TPSA) is 95.1 Å². The molecule has 0 bridgehead atoms. The summed E-state index contributed by atoms with van der Waals surface area (Å²) in [6.07, 6.45) is 0. The molecule has 0 aromatic heterocycles. The van der Waals surface area contributed by atoms with E-state index in [-0.39, 0.29) is 11.8 Å². The first-order chi connectivity index (χ1) is 21.6.